The van der Waals surface area contributed by atoms with Crippen molar-refractivity contribution < 1.29 is 0 Å². The second-order valence-corrected chi connectivity index (χ2v) is 6.46. The van der Waals surface area contributed by atoms with E-state index in [-0.39, 0.29) is 16.9 Å². The number of nitrogens with zero attached hydrogens (tertiary/aromatic N) is 2. The number of aromatic amines is 1. The first kappa shape index (κ1) is 17.7. The minimum absolute atomic E-state index is 0.0190. The van der Waals surface area contributed by atoms with Gasteiger partial charge in [0.1, 0.15) is 29.1 Å². The molecule has 2 rings (SSSR count). The Morgan fingerprint density at radius 2 is 1.79 bits per heavy atom. The van der Waals surface area contributed by atoms with Gasteiger partial charge in [-0.3, -0.25) is 4.79 Å². The molecule has 2 aromatic rings. The molecule has 122 valence electrons. The molecule has 0 bridgehead atoms. The Kier molecular flexibility index (Phi) is 6.06. The fraction of sp³-hybridized carbons (Fsp3) is 0.278. The number of nitrogen functional groups attached to an aromatic ring is 1. The van der Waals surface area contributed by atoms with E-state index in [4.69, 9.17) is 5.73 Å². The van der Waals surface area contributed by atoms with Gasteiger partial charge in [0.25, 0.3) is 5.56 Å². The first-order chi connectivity index (χ1) is 11.6. The summed E-state index contributed by atoms with van der Waals surface area (Å²) in [5.74, 6) is 1.03. The van der Waals surface area contributed by atoms with Gasteiger partial charge in [0, 0.05) is 10.5 Å². The maximum absolute atomic E-state index is 11.9. The average Bonchev–Trinajstić information content (AvgIpc) is 2.59. The lowest BCUT2D eigenvalue weighted by atomic mass is 9.97. The third kappa shape index (κ3) is 3.79. The molecular formula is C18H18N4OS. The van der Waals surface area contributed by atoms with Crippen molar-refractivity contribution in [1.82, 2.24) is 4.98 Å². The Bertz CT molecular complexity index is 857. The van der Waals surface area contributed by atoms with Crippen molar-refractivity contribution in [1.29, 1.82) is 10.5 Å². The number of nitrogens with one attached hydrogen (secondary N) is 1. The lowest BCUT2D eigenvalue weighted by molar-refractivity contribution is 0.778. The maximum atomic E-state index is 11.9. The number of pyridine rings is 1. The molecule has 0 unspecified atom stereocenters. The van der Waals surface area contributed by atoms with Gasteiger partial charge in [0.2, 0.25) is 0 Å². The molecule has 0 atom stereocenters. The summed E-state index contributed by atoms with van der Waals surface area (Å²) in [7, 11) is 0. The molecule has 24 heavy (non-hydrogen) atoms. The molecular weight excluding hydrogens is 320 g/mol. The van der Waals surface area contributed by atoms with Gasteiger partial charge in [-0.25, -0.2) is 0 Å². The number of hydrogen-bond donors (Lipinski definition) is 2. The highest BCUT2D eigenvalue weighted by molar-refractivity contribution is 7.99. The molecule has 0 aliphatic rings. The number of nitrogens with two attached hydrogens (primary N) is 1. The summed E-state index contributed by atoms with van der Waals surface area (Å²) in [6.45, 7) is 2.17. The SMILES string of the molecule is CCCCCSc1ccc(-c2c(C#N)c(N)[nH]c(=O)c2C#N)cc1. The quantitative estimate of drug-likeness (QED) is 0.617. The molecule has 1 aromatic carbocycles. The zero-order valence-corrected chi connectivity index (χ0v) is 14.2. The van der Waals surface area contributed by atoms with Crippen LogP contribution in [0.1, 0.15) is 37.3 Å². The maximum Gasteiger partial charge on any atom is 0.268 e. The van der Waals surface area contributed by atoms with E-state index in [9.17, 15) is 15.3 Å². The summed E-state index contributed by atoms with van der Waals surface area (Å²) in [6.07, 6.45) is 3.58. The van der Waals surface area contributed by atoms with Crippen LogP contribution >= 0.6 is 11.8 Å². The third-order valence-corrected chi connectivity index (χ3v) is 4.73. The molecule has 3 N–H and O–H groups in total. The van der Waals surface area contributed by atoms with Crippen molar-refractivity contribution in [3.8, 4) is 23.3 Å². The van der Waals surface area contributed by atoms with Gasteiger partial charge in [0.15, 0.2) is 0 Å². The lowest BCUT2D eigenvalue weighted by Gasteiger charge is -2.09. The van der Waals surface area contributed by atoms with Gasteiger partial charge in [-0.2, -0.15) is 10.5 Å². The van der Waals surface area contributed by atoms with E-state index >= 15 is 0 Å². The van der Waals surface area contributed by atoms with Gasteiger partial charge < -0.3 is 10.7 Å². The number of rotatable bonds is 6. The van der Waals surface area contributed by atoms with Gasteiger partial charge >= 0.3 is 0 Å². The van der Waals surface area contributed by atoms with E-state index in [2.05, 4.69) is 11.9 Å². The van der Waals surface area contributed by atoms with Crippen LogP contribution in [-0.4, -0.2) is 10.7 Å². The second-order valence-electron chi connectivity index (χ2n) is 5.30. The molecule has 6 heteroatoms. The average molecular weight is 338 g/mol. The Morgan fingerprint density at radius 3 is 2.38 bits per heavy atom. The number of H-pyrrole nitrogens is 1. The number of nitriles is 2. The van der Waals surface area contributed by atoms with Crippen molar-refractivity contribution in [3.05, 3.63) is 45.7 Å². The second kappa shape index (κ2) is 8.24. The predicted octanol–water partition coefficient (Wildman–Crippen LogP) is 3.65. The highest BCUT2D eigenvalue weighted by Crippen LogP contribution is 2.30. The molecule has 0 amide bonds. The molecule has 0 fully saturated rings. The van der Waals surface area contributed by atoms with Crippen LogP contribution in [-0.2, 0) is 0 Å². The Balaban J connectivity index is 2.38. The highest BCUT2D eigenvalue weighted by atomic mass is 32.2. The minimum atomic E-state index is -0.581. The molecule has 0 spiro atoms. The van der Waals surface area contributed by atoms with Crippen LogP contribution in [0.4, 0.5) is 5.82 Å². The van der Waals surface area contributed by atoms with E-state index in [0.717, 1.165) is 10.6 Å². The molecule has 0 aliphatic carbocycles. The Labute approximate surface area is 145 Å². The third-order valence-electron chi connectivity index (χ3n) is 3.63. The topological polar surface area (TPSA) is 106 Å². The zero-order chi connectivity index (χ0) is 17.5. The summed E-state index contributed by atoms with van der Waals surface area (Å²) < 4.78 is 0. The van der Waals surface area contributed by atoms with Crippen LogP contribution in [0.2, 0.25) is 0 Å². The smallest absolute Gasteiger partial charge is 0.268 e. The van der Waals surface area contributed by atoms with Crippen LogP contribution < -0.4 is 11.3 Å². The molecule has 0 saturated heterocycles. The first-order valence-corrected chi connectivity index (χ1v) is 8.70. The van der Waals surface area contributed by atoms with Crippen molar-refractivity contribution >= 4 is 17.6 Å². The summed E-state index contributed by atoms with van der Waals surface area (Å²) in [5.41, 5.74) is 6.10. The Morgan fingerprint density at radius 1 is 1.12 bits per heavy atom. The summed E-state index contributed by atoms with van der Waals surface area (Å²) in [6, 6.07) is 11.4. The van der Waals surface area contributed by atoms with E-state index < -0.39 is 5.56 Å². The van der Waals surface area contributed by atoms with Gasteiger partial charge in [0.05, 0.1) is 0 Å². The summed E-state index contributed by atoms with van der Waals surface area (Å²) in [5, 5.41) is 18.6. The number of aromatic nitrogens is 1. The number of unbranched alkanes of at least 4 members (excludes halogenated alkanes) is 2. The number of anilines is 1. The number of hydrogen-bond acceptors (Lipinski definition) is 5. The molecule has 0 saturated carbocycles. The lowest BCUT2D eigenvalue weighted by Crippen LogP contribution is -2.16. The molecule has 5 nitrogen and oxygen atoms in total. The van der Waals surface area contributed by atoms with Crippen molar-refractivity contribution in [2.75, 3.05) is 11.5 Å². The first-order valence-electron chi connectivity index (χ1n) is 7.71. The Hall–Kier alpha value is -2.70. The monoisotopic (exact) mass is 338 g/mol. The summed E-state index contributed by atoms with van der Waals surface area (Å²) >= 11 is 1.77. The van der Waals surface area contributed by atoms with Crippen LogP contribution in [0.5, 0.6) is 0 Å². The van der Waals surface area contributed by atoms with Crippen molar-refractivity contribution in [3.63, 3.8) is 0 Å². The molecule has 0 aliphatic heterocycles. The van der Waals surface area contributed by atoms with E-state index in [1.54, 1.807) is 11.8 Å². The fourth-order valence-electron chi connectivity index (χ4n) is 2.39. The summed E-state index contributed by atoms with van der Waals surface area (Å²) in [4.78, 5) is 15.4. The van der Waals surface area contributed by atoms with Gasteiger partial charge in [-0.1, -0.05) is 31.9 Å². The molecule has 1 heterocycles. The van der Waals surface area contributed by atoms with Gasteiger partial charge in [-0.15, -0.1) is 11.8 Å². The number of thioether (sulfide) groups is 1. The standard InChI is InChI=1S/C18H18N4OS/c1-2-3-4-9-24-13-7-5-12(6-8-13)16-14(10-19)17(21)22-18(23)15(16)11-20/h5-8H,2-4,9H2,1H3,(H3,21,22,23). The van der Waals surface area contributed by atoms with E-state index in [1.807, 2.05) is 36.4 Å². The van der Waals surface area contributed by atoms with Crippen LogP contribution in [0, 0.1) is 22.7 Å². The van der Waals surface area contributed by atoms with Crippen molar-refractivity contribution in [2.24, 2.45) is 0 Å². The highest BCUT2D eigenvalue weighted by Gasteiger charge is 2.17. The van der Waals surface area contributed by atoms with E-state index in [0.29, 0.717) is 11.1 Å². The normalized spacial score (nSPS) is 10.1. The zero-order valence-electron chi connectivity index (χ0n) is 13.4. The molecule has 1 aromatic heterocycles. The van der Waals surface area contributed by atoms with Crippen molar-refractivity contribution in [2.45, 2.75) is 31.1 Å². The van der Waals surface area contributed by atoms with Crippen LogP contribution in [0.3, 0.4) is 0 Å². The fourth-order valence-corrected chi connectivity index (χ4v) is 3.30. The van der Waals surface area contributed by atoms with Crippen LogP contribution in [0.15, 0.2) is 34.0 Å². The predicted molar refractivity (Wildman–Crippen MR) is 96.6 cm³/mol. The van der Waals surface area contributed by atoms with Crippen LogP contribution in [0.25, 0.3) is 11.1 Å². The molecule has 0 radical (unpaired) electrons. The van der Waals surface area contributed by atoms with Gasteiger partial charge in [-0.05, 0) is 29.9 Å². The number of benzene rings is 1. The largest absolute Gasteiger partial charge is 0.384 e. The minimum Gasteiger partial charge on any atom is -0.384 e. The van der Waals surface area contributed by atoms with E-state index in [1.165, 1.54) is 19.3 Å².